The maximum absolute atomic E-state index is 13.4. The van der Waals surface area contributed by atoms with Crippen molar-refractivity contribution in [3.63, 3.8) is 0 Å². The number of ether oxygens (including phenoxy) is 1. The molecule has 0 fully saturated rings. The highest BCUT2D eigenvalue weighted by atomic mass is 32.2. The number of carbonyl (C=O) groups is 2. The van der Waals surface area contributed by atoms with Crippen LogP contribution in [0.5, 0.6) is 0 Å². The summed E-state index contributed by atoms with van der Waals surface area (Å²) in [5.74, 6) is -2.34. The molecule has 6 nitrogen and oxygen atoms in total. The highest BCUT2D eigenvalue weighted by molar-refractivity contribution is 7.91. The molecule has 0 saturated heterocycles. The van der Waals surface area contributed by atoms with E-state index in [1.54, 1.807) is 19.1 Å². The van der Waals surface area contributed by atoms with Crippen molar-refractivity contribution >= 4 is 27.4 Å². The zero-order valence-corrected chi connectivity index (χ0v) is 15.8. The van der Waals surface area contributed by atoms with Gasteiger partial charge in [0.25, 0.3) is 5.91 Å². The molecule has 0 heterocycles. The average molecular weight is 393 g/mol. The van der Waals surface area contributed by atoms with Gasteiger partial charge in [-0.2, -0.15) is 0 Å². The lowest BCUT2D eigenvalue weighted by Gasteiger charge is -2.08. The van der Waals surface area contributed by atoms with Crippen molar-refractivity contribution in [1.29, 1.82) is 0 Å². The average Bonchev–Trinajstić information content (AvgIpc) is 2.62. The number of nitrogens with one attached hydrogen (secondary N) is 1. The van der Waals surface area contributed by atoms with Gasteiger partial charge in [-0.15, -0.1) is 0 Å². The highest BCUT2D eigenvalue weighted by Gasteiger charge is 2.17. The van der Waals surface area contributed by atoms with Crippen molar-refractivity contribution in [2.75, 3.05) is 17.7 Å². The molecule has 0 bridgehead atoms. The van der Waals surface area contributed by atoms with E-state index >= 15 is 0 Å². The molecule has 1 N–H and O–H groups in total. The first-order chi connectivity index (χ1) is 12.7. The smallest absolute Gasteiger partial charge is 0.307 e. The Hall–Kier alpha value is -2.74. The van der Waals surface area contributed by atoms with Gasteiger partial charge in [0.2, 0.25) is 0 Å². The highest BCUT2D eigenvalue weighted by Crippen LogP contribution is 2.14. The Bertz CT molecular complexity index is 939. The van der Waals surface area contributed by atoms with E-state index in [9.17, 15) is 22.4 Å². The van der Waals surface area contributed by atoms with Gasteiger partial charge in [0.1, 0.15) is 5.82 Å². The number of halogens is 1. The first-order valence-corrected chi connectivity index (χ1v) is 9.83. The first kappa shape index (κ1) is 20.6. The molecule has 0 radical (unpaired) electrons. The molecule has 2 aromatic carbocycles. The fourth-order valence-electron chi connectivity index (χ4n) is 2.17. The summed E-state index contributed by atoms with van der Waals surface area (Å²) in [6.07, 6.45) is -0.372. The second-order valence-electron chi connectivity index (χ2n) is 6.05. The van der Waals surface area contributed by atoms with Gasteiger partial charge in [0.05, 0.1) is 17.1 Å². The number of sulfone groups is 1. The van der Waals surface area contributed by atoms with Gasteiger partial charge < -0.3 is 10.1 Å². The van der Waals surface area contributed by atoms with E-state index in [-0.39, 0.29) is 17.0 Å². The Labute approximate surface area is 157 Å². The molecule has 1 amide bonds. The summed E-state index contributed by atoms with van der Waals surface area (Å²) in [6.45, 7) is 2.84. The lowest BCUT2D eigenvalue weighted by atomic mass is 10.2. The van der Waals surface area contributed by atoms with E-state index in [1.165, 1.54) is 24.3 Å². The van der Waals surface area contributed by atoms with Gasteiger partial charge in [0.15, 0.2) is 16.4 Å². The molecule has 27 heavy (non-hydrogen) atoms. The number of carbonyl (C=O) groups excluding carboxylic acids is 2. The van der Waals surface area contributed by atoms with E-state index in [0.717, 1.165) is 11.6 Å². The van der Waals surface area contributed by atoms with Crippen LogP contribution in [0.3, 0.4) is 0 Å². The lowest BCUT2D eigenvalue weighted by molar-refractivity contribution is -0.146. The molecule has 0 unspecified atom stereocenters. The molecular formula is C19H20FNO5S. The van der Waals surface area contributed by atoms with Gasteiger partial charge in [-0.1, -0.05) is 23.8 Å². The molecular weight excluding hydrogens is 373 g/mol. The summed E-state index contributed by atoms with van der Waals surface area (Å²) < 4.78 is 42.5. The van der Waals surface area contributed by atoms with Crippen molar-refractivity contribution in [3.05, 3.63) is 59.4 Å². The van der Waals surface area contributed by atoms with Crippen LogP contribution >= 0.6 is 0 Å². The third-order valence-electron chi connectivity index (χ3n) is 3.77. The molecule has 144 valence electrons. The predicted molar refractivity (Wildman–Crippen MR) is 98.6 cm³/mol. The number of rotatable bonds is 7. The topological polar surface area (TPSA) is 89.5 Å². The van der Waals surface area contributed by atoms with E-state index in [0.29, 0.717) is 5.56 Å². The second-order valence-corrected chi connectivity index (χ2v) is 8.16. The standard InChI is InChI=1S/C19H20FNO5S/c1-13-3-7-16(8-4-13)27(24,25)10-9-19(23)26-12-18(22)21-15-6-5-14(2)17(20)11-15/h3-8,11H,9-10,12H2,1-2H3,(H,21,22). The number of benzene rings is 2. The van der Waals surface area contributed by atoms with Gasteiger partial charge in [0, 0.05) is 5.69 Å². The van der Waals surface area contributed by atoms with Crippen molar-refractivity contribution in [1.82, 2.24) is 0 Å². The molecule has 0 atom stereocenters. The normalized spacial score (nSPS) is 11.1. The Morgan fingerprint density at radius 1 is 1.07 bits per heavy atom. The van der Waals surface area contributed by atoms with Gasteiger partial charge in [-0.25, -0.2) is 12.8 Å². The Balaban J connectivity index is 1.80. The minimum absolute atomic E-state index is 0.125. The zero-order valence-electron chi connectivity index (χ0n) is 15.0. The number of hydrogen-bond acceptors (Lipinski definition) is 5. The van der Waals surface area contributed by atoms with E-state index in [4.69, 9.17) is 4.74 Å². The van der Waals surface area contributed by atoms with E-state index < -0.39 is 39.9 Å². The third-order valence-corrected chi connectivity index (χ3v) is 5.51. The van der Waals surface area contributed by atoms with Crippen molar-refractivity contribution < 1.29 is 27.1 Å². The van der Waals surface area contributed by atoms with Gasteiger partial charge in [-0.3, -0.25) is 9.59 Å². The fraction of sp³-hybridized carbons (Fsp3) is 0.263. The van der Waals surface area contributed by atoms with Crippen LogP contribution in [0.2, 0.25) is 0 Å². The summed E-state index contributed by atoms with van der Waals surface area (Å²) in [4.78, 5) is 23.6. The molecule has 8 heteroatoms. The molecule has 0 aliphatic rings. The maximum atomic E-state index is 13.4. The second kappa shape index (κ2) is 8.77. The van der Waals surface area contributed by atoms with E-state index in [2.05, 4.69) is 5.32 Å². The Morgan fingerprint density at radius 2 is 1.74 bits per heavy atom. The predicted octanol–water partition coefficient (Wildman–Crippen LogP) is 2.79. The van der Waals surface area contributed by atoms with Crippen LogP contribution in [0.4, 0.5) is 10.1 Å². The molecule has 0 aliphatic heterocycles. The van der Waals surface area contributed by atoms with Crippen LogP contribution in [0.1, 0.15) is 17.5 Å². The monoisotopic (exact) mass is 393 g/mol. The van der Waals surface area contributed by atoms with Crippen LogP contribution in [-0.4, -0.2) is 32.7 Å². The molecule has 0 aromatic heterocycles. The minimum Gasteiger partial charge on any atom is -0.456 e. The number of anilines is 1. The van der Waals surface area contributed by atoms with Gasteiger partial charge >= 0.3 is 5.97 Å². The maximum Gasteiger partial charge on any atom is 0.307 e. The summed E-state index contributed by atoms with van der Waals surface area (Å²) >= 11 is 0. The quantitative estimate of drug-likeness (QED) is 0.731. The van der Waals surface area contributed by atoms with E-state index in [1.807, 2.05) is 6.92 Å². The fourth-order valence-corrected chi connectivity index (χ4v) is 3.39. The molecule has 2 aromatic rings. The van der Waals surface area contributed by atoms with Crippen LogP contribution in [-0.2, 0) is 24.2 Å². The largest absolute Gasteiger partial charge is 0.456 e. The number of esters is 1. The SMILES string of the molecule is Cc1ccc(S(=O)(=O)CCC(=O)OCC(=O)Nc2ccc(C)c(F)c2)cc1. The third kappa shape index (κ3) is 6.18. The van der Waals surface area contributed by atoms with Crippen LogP contribution in [0.25, 0.3) is 0 Å². The number of aryl methyl sites for hydroxylation is 2. The van der Waals surface area contributed by atoms with Crippen LogP contribution in [0.15, 0.2) is 47.4 Å². The Kier molecular flexibility index (Phi) is 6.68. The molecule has 0 saturated carbocycles. The van der Waals surface area contributed by atoms with Crippen molar-refractivity contribution in [2.24, 2.45) is 0 Å². The van der Waals surface area contributed by atoms with Gasteiger partial charge in [-0.05, 0) is 43.7 Å². The van der Waals surface area contributed by atoms with Crippen molar-refractivity contribution in [3.8, 4) is 0 Å². The molecule has 0 aliphatic carbocycles. The Morgan fingerprint density at radius 3 is 2.37 bits per heavy atom. The molecule has 0 spiro atoms. The minimum atomic E-state index is -3.61. The zero-order chi connectivity index (χ0) is 20.0. The number of amides is 1. The van der Waals surface area contributed by atoms with Crippen molar-refractivity contribution in [2.45, 2.75) is 25.2 Å². The summed E-state index contributed by atoms with van der Waals surface area (Å²) in [5.41, 5.74) is 1.60. The summed E-state index contributed by atoms with van der Waals surface area (Å²) in [7, 11) is -3.61. The lowest BCUT2D eigenvalue weighted by Crippen LogP contribution is -2.22. The first-order valence-electron chi connectivity index (χ1n) is 8.18. The molecule has 2 rings (SSSR count). The summed E-state index contributed by atoms with van der Waals surface area (Å²) in [5, 5.41) is 2.39. The summed E-state index contributed by atoms with van der Waals surface area (Å²) in [6, 6.07) is 10.5. The number of hydrogen-bond donors (Lipinski definition) is 1. The van der Waals surface area contributed by atoms with Crippen LogP contribution in [0, 0.1) is 19.7 Å². The van der Waals surface area contributed by atoms with Crippen LogP contribution < -0.4 is 5.32 Å².